The predicted molar refractivity (Wildman–Crippen MR) is 59.6 cm³/mol. The lowest BCUT2D eigenvalue weighted by Gasteiger charge is -2.16. The molecule has 0 spiro atoms. The first-order valence-corrected chi connectivity index (χ1v) is 5.68. The van der Waals surface area contributed by atoms with Crippen LogP contribution in [0.1, 0.15) is 47.0 Å². The summed E-state index contributed by atoms with van der Waals surface area (Å²) in [6.07, 6.45) is 4.05. The lowest BCUT2D eigenvalue weighted by Crippen LogP contribution is -2.03. The van der Waals surface area contributed by atoms with Crippen molar-refractivity contribution in [2.24, 2.45) is 23.7 Å². The average molecular weight is 180 g/mol. The Morgan fingerprint density at radius 2 is 1.92 bits per heavy atom. The maximum absolute atomic E-state index is 4.20. The molecule has 1 aliphatic carbocycles. The van der Waals surface area contributed by atoms with Gasteiger partial charge in [-0.1, -0.05) is 39.8 Å². The first-order valence-electron chi connectivity index (χ1n) is 5.68. The van der Waals surface area contributed by atoms with Gasteiger partial charge in [0, 0.05) is 0 Å². The van der Waals surface area contributed by atoms with E-state index in [1.54, 1.807) is 0 Å². The second-order valence-electron chi connectivity index (χ2n) is 5.37. The van der Waals surface area contributed by atoms with Gasteiger partial charge in [-0.3, -0.25) is 0 Å². The second-order valence-corrected chi connectivity index (χ2v) is 5.37. The zero-order valence-corrected chi connectivity index (χ0v) is 9.64. The highest BCUT2D eigenvalue weighted by atomic mass is 14.4. The van der Waals surface area contributed by atoms with Gasteiger partial charge in [0.05, 0.1) is 0 Å². The minimum Gasteiger partial charge on any atom is -0.0996 e. The van der Waals surface area contributed by atoms with Gasteiger partial charge in [0.2, 0.25) is 0 Å². The molecule has 0 aromatic rings. The van der Waals surface area contributed by atoms with E-state index in [1.807, 2.05) is 0 Å². The highest BCUT2D eigenvalue weighted by molar-refractivity contribution is 5.02. The van der Waals surface area contributed by atoms with Crippen LogP contribution in [-0.2, 0) is 0 Å². The summed E-state index contributed by atoms with van der Waals surface area (Å²) in [5, 5.41) is 0. The Kier molecular flexibility index (Phi) is 3.58. The molecule has 0 aromatic heterocycles. The molecule has 0 amide bonds. The third kappa shape index (κ3) is 3.54. The van der Waals surface area contributed by atoms with Crippen LogP contribution in [0.2, 0.25) is 0 Å². The lowest BCUT2D eigenvalue weighted by atomic mass is 9.90. The van der Waals surface area contributed by atoms with E-state index in [-0.39, 0.29) is 0 Å². The van der Waals surface area contributed by atoms with Crippen LogP contribution in [0, 0.1) is 23.7 Å². The molecule has 0 nitrogen and oxygen atoms in total. The third-order valence-corrected chi connectivity index (χ3v) is 3.30. The molecule has 76 valence electrons. The molecular weight excluding hydrogens is 156 g/mol. The topological polar surface area (TPSA) is 0 Å². The number of hydrogen-bond donors (Lipinski definition) is 0. The highest BCUT2D eigenvalue weighted by Crippen LogP contribution is 2.43. The molecule has 1 fully saturated rings. The van der Waals surface area contributed by atoms with Gasteiger partial charge in [-0.25, -0.2) is 0 Å². The van der Waals surface area contributed by atoms with Crippen molar-refractivity contribution in [3.05, 3.63) is 12.2 Å². The van der Waals surface area contributed by atoms with Crippen LogP contribution in [-0.4, -0.2) is 0 Å². The summed E-state index contributed by atoms with van der Waals surface area (Å²) < 4.78 is 0. The standard InChI is InChI=1S/C13H24/c1-9(2)6-10(3)11(4)7-13-8-12(13)5/h9,11-13H,3,6-8H2,1-2,4-5H3. The molecule has 0 aromatic carbocycles. The first kappa shape index (κ1) is 10.8. The Morgan fingerprint density at radius 3 is 2.31 bits per heavy atom. The Bertz CT molecular complexity index is 178. The fourth-order valence-electron chi connectivity index (χ4n) is 2.07. The van der Waals surface area contributed by atoms with Gasteiger partial charge in [-0.2, -0.15) is 0 Å². The minimum atomic E-state index is 0.748. The van der Waals surface area contributed by atoms with Crippen molar-refractivity contribution in [3.63, 3.8) is 0 Å². The first-order chi connectivity index (χ1) is 6.00. The van der Waals surface area contributed by atoms with Gasteiger partial charge >= 0.3 is 0 Å². The quantitative estimate of drug-likeness (QED) is 0.554. The predicted octanol–water partition coefficient (Wildman–Crippen LogP) is 4.27. The molecule has 13 heavy (non-hydrogen) atoms. The van der Waals surface area contributed by atoms with Gasteiger partial charge in [0.15, 0.2) is 0 Å². The van der Waals surface area contributed by atoms with Gasteiger partial charge in [0.25, 0.3) is 0 Å². The van der Waals surface area contributed by atoms with Crippen molar-refractivity contribution < 1.29 is 0 Å². The van der Waals surface area contributed by atoms with E-state index >= 15 is 0 Å². The maximum atomic E-state index is 4.20. The van der Waals surface area contributed by atoms with Gasteiger partial charge in [0.1, 0.15) is 0 Å². The van der Waals surface area contributed by atoms with Crippen LogP contribution < -0.4 is 0 Å². The molecule has 3 atom stereocenters. The molecule has 1 aliphatic rings. The number of allylic oxidation sites excluding steroid dienone is 1. The van der Waals surface area contributed by atoms with Crippen molar-refractivity contribution >= 4 is 0 Å². The van der Waals surface area contributed by atoms with Crippen molar-refractivity contribution in [2.45, 2.75) is 47.0 Å². The zero-order chi connectivity index (χ0) is 10.0. The molecule has 0 N–H and O–H groups in total. The molecule has 0 aliphatic heterocycles. The van der Waals surface area contributed by atoms with E-state index in [4.69, 9.17) is 0 Å². The molecular formula is C13H24. The molecule has 0 heterocycles. The SMILES string of the molecule is C=C(CC(C)C)C(C)CC1CC1C. The fraction of sp³-hybridized carbons (Fsp3) is 0.846. The third-order valence-electron chi connectivity index (χ3n) is 3.30. The minimum absolute atomic E-state index is 0.748. The van der Waals surface area contributed by atoms with E-state index in [0.29, 0.717) is 0 Å². The van der Waals surface area contributed by atoms with Gasteiger partial charge in [-0.05, 0) is 42.9 Å². The number of rotatable bonds is 5. The summed E-state index contributed by atoms with van der Waals surface area (Å²) in [6, 6.07) is 0. The Morgan fingerprint density at radius 1 is 1.38 bits per heavy atom. The molecule has 0 radical (unpaired) electrons. The summed E-state index contributed by atoms with van der Waals surface area (Å²) in [6.45, 7) is 13.5. The normalized spacial score (nSPS) is 29.0. The summed E-state index contributed by atoms with van der Waals surface area (Å²) in [4.78, 5) is 0. The van der Waals surface area contributed by atoms with E-state index < -0.39 is 0 Å². The van der Waals surface area contributed by atoms with Crippen molar-refractivity contribution in [1.82, 2.24) is 0 Å². The van der Waals surface area contributed by atoms with E-state index in [1.165, 1.54) is 24.8 Å². The van der Waals surface area contributed by atoms with E-state index in [2.05, 4.69) is 34.3 Å². The van der Waals surface area contributed by atoms with Crippen LogP contribution in [0.4, 0.5) is 0 Å². The highest BCUT2D eigenvalue weighted by Gasteiger charge is 2.33. The smallest absolute Gasteiger partial charge is 0.0232 e. The van der Waals surface area contributed by atoms with Crippen LogP contribution in [0.5, 0.6) is 0 Å². The maximum Gasteiger partial charge on any atom is -0.0232 e. The Hall–Kier alpha value is -0.260. The largest absolute Gasteiger partial charge is 0.0996 e. The van der Waals surface area contributed by atoms with Crippen LogP contribution in [0.3, 0.4) is 0 Å². The van der Waals surface area contributed by atoms with Crippen molar-refractivity contribution in [3.8, 4) is 0 Å². The molecule has 1 saturated carbocycles. The monoisotopic (exact) mass is 180 g/mol. The summed E-state index contributed by atoms with van der Waals surface area (Å²) >= 11 is 0. The lowest BCUT2D eigenvalue weighted by molar-refractivity contribution is 0.500. The molecule has 0 saturated heterocycles. The zero-order valence-electron chi connectivity index (χ0n) is 9.64. The second kappa shape index (κ2) is 4.30. The van der Waals surface area contributed by atoms with Gasteiger partial charge < -0.3 is 0 Å². The fourth-order valence-corrected chi connectivity index (χ4v) is 2.07. The summed E-state index contributed by atoms with van der Waals surface area (Å²) in [5.41, 5.74) is 1.47. The molecule has 0 heteroatoms. The molecule has 0 bridgehead atoms. The molecule has 1 rings (SSSR count). The Labute approximate surface area is 83.4 Å². The van der Waals surface area contributed by atoms with E-state index in [9.17, 15) is 0 Å². The molecule has 3 unspecified atom stereocenters. The van der Waals surface area contributed by atoms with Crippen molar-refractivity contribution in [2.75, 3.05) is 0 Å². The van der Waals surface area contributed by atoms with Crippen molar-refractivity contribution in [1.29, 1.82) is 0 Å². The van der Waals surface area contributed by atoms with Crippen LogP contribution in [0.15, 0.2) is 12.2 Å². The average Bonchev–Trinajstić information content (AvgIpc) is 2.64. The number of hydrogen-bond acceptors (Lipinski definition) is 0. The van der Waals surface area contributed by atoms with Crippen LogP contribution in [0.25, 0.3) is 0 Å². The summed E-state index contributed by atoms with van der Waals surface area (Å²) in [7, 11) is 0. The van der Waals surface area contributed by atoms with Crippen LogP contribution >= 0.6 is 0 Å². The Balaban J connectivity index is 2.22. The van der Waals surface area contributed by atoms with E-state index in [0.717, 1.165) is 23.7 Å². The summed E-state index contributed by atoms with van der Waals surface area (Å²) in [5.74, 6) is 3.53. The van der Waals surface area contributed by atoms with Gasteiger partial charge in [-0.15, -0.1) is 0 Å².